The number of ether oxygens (including phenoxy) is 1. The molecule has 1 aliphatic heterocycles. The van der Waals surface area contributed by atoms with Crippen LogP contribution in [0.25, 0.3) is 0 Å². The number of benzene rings is 1. The Bertz CT molecular complexity index is 392. The lowest BCUT2D eigenvalue weighted by Crippen LogP contribution is -2.40. The maximum absolute atomic E-state index is 5.83. The van der Waals surface area contributed by atoms with Gasteiger partial charge < -0.3 is 15.0 Å². The predicted molar refractivity (Wildman–Crippen MR) is 77.8 cm³/mol. The molecule has 0 spiro atoms. The van der Waals surface area contributed by atoms with Gasteiger partial charge >= 0.3 is 0 Å². The minimum absolute atomic E-state index is 0.576. The van der Waals surface area contributed by atoms with Crippen LogP contribution in [-0.2, 0) is 0 Å². The van der Waals surface area contributed by atoms with Crippen molar-refractivity contribution in [3.05, 3.63) is 18.2 Å². The molecular formula is C15H24N2O. The first-order valence-electron chi connectivity index (χ1n) is 7.04. The maximum atomic E-state index is 5.83. The second-order valence-electron chi connectivity index (χ2n) is 4.88. The molecule has 1 heterocycles. The molecule has 0 radical (unpaired) electrons. The normalized spacial score (nSPS) is 15.8. The molecule has 0 aromatic heterocycles. The fourth-order valence-corrected chi connectivity index (χ4v) is 2.37. The van der Waals surface area contributed by atoms with Gasteiger partial charge in [-0.1, -0.05) is 19.9 Å². The van der Waals surface area contributed by atoms with Crippen molar-refractivity contribution in [1.29, 1.82) is 0 Å². The van der Waals surface area contributed by atoms with Crippen molar-refractivity contribution in [1.82, 2.24) is 0 Å². The van der Waals surface area contributed by atoms with E-state index in [0.717, 1.165) is 37.6 Å². The van der Waals surface area contributed by atoms with Gasteiger partial charge in [-0.3, -0.25) is 0 Å². The number of anilines is 2. The Morgan fingerprint density at radius 1 is 1.39 bits per heavy atom. The summed E-state index contributed by atoms with van der Waals surface area (Å²) in [5.41, 5.74) is 2.45. The van der Waals surface area contributed by atoms with E-state index in [1.54, 1.807) is 0 Å². The molecule has 0 bridgehead atoms. The van der Waals surface area contributed by atoms with Gasteiger partial charge in [-0.25, -0.2) is 0 Å². The van der Waals surface area contributed by atoms with Gasteiger partial charge in [0.1, 0.15) is 11.4 Å². The van der Waals surface area contributed by atoms with Gasteiger partial charge in [-0.05, 0) is 31.9 Å². The van der Waals surface area contributed by atoms with E-state index >= 15 is 0 Å². The van der Waals surface area contributed by atoms with E-state index in [1.807, 2.05) is 0 Å². The molecule has 100 valence electrons. The molecule has 1 aliphatic rings. The van der Waals surface area contributed by atoms with E-state index in [-0.39, 0.29) is 0 Å². The molecule has 0 saturated carbocycles. The molecule has 1 N–H and O–H groups in total. The zero-order valence-electron chi connectivity index (χ0n) is 11.7. The third-order valence-electron chi connectivity index (χ3n) is 3.55. The molecule has 0 amide bonds. The van der Waals surface area contributed by atoms with Crippen LogP contribution in [-0.4, -0.2) is 25.7 Å². The monoisotopic (exact) mass is 248 g/mol. The van der Waals surface area contributed by atoms with Crippen molar-refractivity contribution in [3.63, 3.8) is 0 Å². The summed E-state index contributed by atoms with van der Waals surface area (Å²) in [6.07, 6.45) is 2.21. The minimum Gasteiger partial charge on any atom is -0.491 e. The van der Waals surface area contributed by atoms with Gasteiger partial charge in [-0.15, -0.1) is 0 Å². The number of rotatable bonds is 5. The Kier molecular flexibility index (Phi) is 4.34. The van der Waals surface area contributed by atoms with Crippen molar-refractivity contribution >= 4 is 11.4 Å². The average Bonchev–Trinajstić information content (AvgIpc) is 2.43. The Hall–Kier alpha value is -1.38. The van der Waals surface area contributed by atoms with Crippen LogP contribution in [0.3, 0.4) is 0 Å². The third-order valence-corrected chi connectivity index (χ3v) is 3.55. The smallest absolute Gasteiger partial charge is 0.144 e. The van der Waals surface area contributed by atoms with Crippen LogP contribution in [0.5, 0.6) is 5.75 Å². The fourth-order valence-electron chi connectivity index (χ4n) is 2.37. The molecule has 18 heavy (non-hydrogen) atoms. The van der Waals surface area contributed by atoms with Crippen LogP contribution in [0.2, 0.25) is 0 Å². The molecule has 2 rings (SSSR count). The molecule has 1 atom stereocenters. The molecule has 3 heteroatoms. The highest BCUT2D eigenvalue weighted by atomic mass is 16.5. The minimum atomic E-state index is 0.576. The first kappa shape index (κ1) is 13.1. The number of hydrogen-bond acceptors (Lipinski definition) is 3. The van der Waals surface area contributed by atoms with E-state index in [2.05, 4.69) is 49.2 Å². The summed E-state index contributed by atoms with van der Waals surface area (Å²) in [6, 6.07) is 6.91. The molecule has 1 aromatic rings. The molecule has 0 aliphatic carbocycles. The standard InChI is InChI=1S/C15H24N2O/c1-4-11-18-14-8-6-7-13-15(14)16-9-10-17(13)12(3)5-2/h6-8,12,16H,4-5,9-11H2,1-3H3. The largest absolute Gasteiger partial charge is 0.491 e. The van der Waals surface area contributed by atoms with Gasteiger partial charge in [0.05, 0.1) is 12.3 Å². The number of nitrogens with zero attached hydrogens (tertiary/aromatic N) is 1. The van der Waals surface area contributed by atoms with Gasteiger partial charge in [0.15, 0.2) is 0 Å². The SMILES string of the molecule is CCCOc1cccc2c1NCCN2C(C)CC. The highest BCUT2D eigenvalue weighted by Crippen LogP contribution is 2.38. The summed E-state index contributed by atoms with van der Waals surface area (Å²) in [4.78, 5) is 2.48. The van der Waals surface area contributed by atoms with E-state index in [0.29, 0.717) is 6.04 Å². The maximum Gasteiger partial charge on any atom is 0.144 e. The van der Waals surface area contributed by atoms with Gasteiger partial charge in [-0.2, -0.15) is 0 Å². The second-order valence-corrected chi connectivity index (χ2v) is 4.88. The number of hydrogen-bond donors (Lipinski definition) is 1. The van der Waals surface area contributed by atoms with Gasteiger partial charge in [0.25, 0.3) is 0 Å². The zero-order chi connectivity index (χ0) is 13.0. The van der Waals surface area contributed by atoms with E-state index < -0.39 is 0 Å². The molecule has 3 nitrogen and oxygen atoms in total. The fraction of sp³-hybridized carbons (Fsp3) is 0.600. The third kappa shape index (κ3) is 2.55. The lowest BCUT2D eigenvalue weighted by atomic mass is 10.1. The Labute approximate surface area is 110 Å². The molecular weight excluding hydrogens is 224 g/mol. The highest BCUT2D eigenvalue weighted by Gasteiger charge is 2.22. The van der Waals surface area contributed by atoms with Gasteiger partial charge in [0.2, 0.25) is 0 Å². The van der Waals surface area contributed by atoms with Crippen LogP contribution in [0.1, 0.15) is 33.6 Å². The summed E-state index contributed by atoms with van der Waals surface area (Å²) in [7, 11) is 0. The summed E-state index contributed by atoms with van der Waals surface area (Å²) < 4.78 is 5.83. The molecule has 1 aromatic carbocycles. The summed E-state index contributed by atoms with van der Waals surface area (Å²) in [6.45, 7) is 9.50. The van der Waals surface area contributed by atoms with Gasteiger partial charge in [0, 0.05) is 19.1 Å². The summed E-state index contributed by atoms with van der Waals surface area (Å²) >= 11 is 0. The number of nitrogens with one attached hydrogen (secondary N) is 1. The van der Waals surface area contributed by atoms with Crippen molar-refractivity contribution in [2.24, 2.45) is 0 Å². The Morgan fingerprint density at radius 2 is 2.22 bits per heavy atom. The zero-order valence-corrected chi connectivity index (χ0v) is 11.7. The lowest BCUT2D eigenvalue weighted by molar-refractivity contribution is 0.318. The second kappa shape index (κ2) is 5.98. The van der Waals surface area contributed by atoms with E-state index in [1.165, 1.54) is 12.1 Å². The van der Waals surface area contributed by atoms with Crippen molar-refractivity contribution < 1.29 is 4.74 Å². The van der Waals surface area contributed by atoms with Crippen LogP contribution in [0, 0.1) is 0 Å². The highest BCUT2D eigenvalue weighted by molar-refractivity contribution is 5.78. The quantitative estimate of drug-likeness (QED) is 0.863. The predicted octanol–water partition coefficient (Wildman–Crippen LogP) is 3.51. The van der Waals surface area contributed by atoms with Crippen LogP contribution in [0.15, 0.2) is 18.2 Å². The van der Waals surface area contributed by atoms with Crippen LogP contribution < -0.4 is 15.0 Å². The summed E-state index contributed by atoms with van der Waals surface area (Å²) in [5.74, 6) is 0.988. The van der Waals surface area contributed by atoms with E-state index in [4.69, 9.17) is 4.74 Å². The molecule has 0 saturated heterocycles. The van der Waals surface area contributed by atoms with Crippen LogP contribution >= 0.6 is 0 Å². The first-order chi connectivity index (χ1) is 8.77. The van der Waals surface area contributed by atoms with E-state index in [9.17, 15) is 0 Å². The molecule has 0 fully saturated rings. The van der Waals surface area contributed by atoms with Crippen molar-refractivity contribution in [2.45, 2.75) is 39.7 Å². The Balaban J connectivity index is 2.28. The number of fused-ring (bicyclic) bond motifs is 1. The molecule has 1 unspecified atom stereocenters. The average molecular weight is 248 g/mol. The lowest BCUT2D eigenvalue weighted by Gasteiger charge is -2.37. The Morgan fingerprint density at radius 3 is 2.94 bits per heavy atom. The first-order valence-corrected chi connectivity index (χ1v) is 7.04. The van der Waals surface area contributed by atoms with Crippen molar-refractivity contribution in [2.75, 3.05) is 29.9 Å². The topological polar surface area (TPSA) is 24.5 Å². The van der Waals surface area contributed by atoms with Crippen molar-refractivity contribution in [3.8, 4) is 5.75 Å². The number of para-hydroxylation sites is 1. The summed E-state index contributed by atoms with van der Waals surface area (Å²) in [5, 5.41) is 3.48. The van der Waals surface area contributed by atoms with Crippen LogP contribution in [0.4, 0.5) is 11.4 Å².